The van der Waals surface area contributed by atoms with Gasteiger partial charge in [0.15, 0.2) is 11.5 Å². The van der Waals surface area contributed by atoms with E-state index in [-0.39, 0.29) is 23.4 Å². The number of fused-ring (bicyclic) bond motifs is 1. The van der Waals surface area contributed by atoms with Gasteiger partial charge in [-0.1, -0.05) is 60.7 Å². The molecule has 2 heterocycles. The highest BCUT2D eigenvalue weighted by Crippen LogP contribution is 2.37. The fraction of sp³-hybridized carbons (Fsp3) is 0.217. The van der Waals surface area contributed by atoms with E-state index in [1.54, 1.807) is 4.90 Å². The van der Waals surface area contributed by atoms with E-state index in [0.29, 0.717) is 6.54 Å². The van der Waals surface area contributed by atoms with E-state index in [9.17, 15) is 15.0 Å². The van der Waals surface area contributed by atoms with Gasteiger partial charge in [-0.25, -0.2) is 5.01 Å². The third-order valence-electron chi connectivity index (χ3n) is 5.13. The Bertz CT molecular complexity index is 969. The molecule has 0 saturated carbocycles. The van der Waals surface area contributed by atoms with E-state index in [2.05, 4.69) is 5.10 Å². The topological polar surface area (TPSA) is 76.4 Å². The van der Waals surface area contributed by atoms with Crippen LogP contribution in [0.1, 0.15) is 25.0 Å². The molecule has 1 atom stereocenters. The third-order valence-corrected chi connectivity index (χ3v) is 5.13. The van der Waals surface area contributed by atoms with Crippen molar-refractivity contribution in [3.8, 4) is 0 Å². The molecule has 148 valence electrons. The number of piperazine rings is 1. The molecular formula is C23H23N3O3. The lowest BCUT2D eigenvalue weighted by Gasteiger charge is -2.41. The monoisotopic (exact) mass is 389 g/mol. The van der Waals surface area contributed by atoms with Crippen LogP contribution in [-0.4, -0.2) is 50.9 Å². The molecule has 0 bridgehead atoms. The number of benzene rings is 2. The van der Waals surface area contributed by atoms with Gasteiger partial charge < -0.3 is 15.1 Å². The number of hydrazone groups is 1. The maximum Gasteiger partial charge on any atom is 0.276 e. The summed E-state index contributed by atoms with van der Waals surface area (Å²) in [6, 6.07) is 19.7. The molecule has 4 rings (SSSR count). The summed E-state index contributed by atoms with van der Waals surface area (Å²) in [5.41, 5.74) is 3.64. The van der Waals surface area contributed by atoms with Gasteiger partial charge in [0.1, 0.15) is 6.10 Å². The predicted octanol–water partition coefficient (Wildman–Crippen LogP) is 3.13. The van der Waals surface area contributed by atoms with Crippen LogP contribution in [0.15, 0.2) is 82.9 Å². The smallest absolute Gasteiger partial charge is 0.276 e. The molecule has 1 amide bonds. The summed E-state index contributed by atoms with van der Waals surface area (Å²) in [4.78, 5) is 14.7. The molecule has 6 nitrogen and oxygen atoms in total. The molecule has 2 aliphatic heterocycles. The maximum absolute atomic E-state index is 13.1. The first-order valence-electron chi connectivity index (χ1n) is 9.59. The van der Waals surface area contributed by atoms with Crippen LogP contribution in [0.5, 0.6) is 0 Å². The standard InChI is InChI=1S/C23H23N3O3/c1-15(2)25-14-18(26-21(23(25)29)22(28)19(27)13-24-26)20(16-9-5-3-6-10-16)17-11-7-4-8-12-17/h3-13,15,19,27-28H,14H2,1-2H3. The van der Waals surface area contributed by atoms with Crippen LogP contribution in [0.25, 0.3) is 5.57 Å². The van der Waals surface area contributed by atoms with Crippen LogP contribution < -0.4 is 0 Å². The van der Waals surface area contributed by atoms with Gasteiger partial charge in [0, 0.05) is 11.6 Å². The predicted molar refractivity (Wildman–Crippen MR) is 112 cm³/mol. The van der Waals surface area contributed by atoms with Crippen molar-refractivity contribution in [3.63, 3.8) is 0 Å². The average Bonchev–Trinajstić information content (AvgIpc) is 2.73. The second-order valence-corrected chi connectivity index (χ2v) is 7.34. The SMILES string of the molecule is CC(C)N1CC(=C(c2ccccc2)c2ccccc2)N2N=CC(O)C(O)=C2C1=O. The quantitative estimate of drug-likeness (QED) is 0.846. The van der Waals surface area contributed by atoms with Gasteiger partial charge in [-0.05, 0) is 25.0 Å². The van der Waals surface area contributed by atoms with Gasteiger partial charge in [0.05, 0.1) is 18.5 Å². The molecule has 2 N–H and O–H groups in total. The van der Waals surface area contributed by atoms with Gasteiger partial charge >= 0.3 is 0 Å². The summed E-state index contributed by atoms with van der Waals surface area (Å²) in [5, 5.41) is 26.3. The number of aliphatic hydroxyl groups excluding tert-OH is 2. The van der Waals surface area contributed by atoms with E-state index in [4.69, 9.17) is 0 Å². The number of aliphatic hydroxyl groups is 2. The van der Waals surface area contributed by atoms with Crippen molar-refractivity contribution in [1.29, 1.82) is 0 Å². The average molecular weight is 389 g/mol. The van der Waals surface area contributed by atoms with Gasteiger partial charge in [0.2, 0.25) is 0 Å². The van der Waals surface area contributed by atoms with Crippen molar-refractivity contribution in [2.45, 2.75) is 26.0 Å². The Morgan fingerprint density at radius 3 is 2.10 bits per heavy atom. The van der Waals surface area contributed by atoms with Crippen molar-refractivity contribution < 1.29 is 15.0 Å². The molecule has 0 spiro atoms. The van der Waals surface area contributed by atoms with Crippen molar-refractivity contribution in [3.05, 3.63) is 88.9 Å². The van der Waals surface area contributed by atoms with Crippen LogP contribution in [0.4, 0.5) is 0 Å². The second-order valence-electron chi connectivity index (χ2n) is 7.34. The highest BCUT2D eigenvalue weighted by atomic mass is 16.3. The van der Waals surface area contributed by atoms with Gasteiger partial charge in [0.25, 0.3) is 5.91 Å². The minimum absolute atomic E-state index is 0.000637. The molecule has 29 heavy (non-hydrogen) atoms. The summed E-state index contributed by atoms with van der Waals surface area (Å²) < 4.78 is 0. The molecule has 0 aromatic heterocycles. The van der Waals surface area contributed by atoms with Gasteiger partial charge in [-0.3, -0.25) is 4.79 Å². The van der Waals surface area contributed by atoms with E-state index in [0.717, 1.165) is 22.4 Å². The van der Waals surface area contributed by atoms with Crippen molar-refractivity contribution in [1.82, 2.24) is 9.91 Å². The van der Waals surface area contributed by atoms with Crippen molar-refractivity contribution in [2.24, 2.45) is 5.10 Å². The van der Waals surface area contributed by atoms with Gasteiger partial charge in [-0.15, -0.1) is 0 Å². The Balaban J connectivity index is 2.00. The van der Waals surface area contributed by atoms with Crippen LogP contribution in [0.3, 0.4) is 0 Å². The zero-order chi connectivity index (χ0) is 20.5. The number of carbonyl (C=O) groups excluding carboxylic acids is 1. The molecule has 1 saturated heterocycles. The Morgan fingerprint density at radius 1 is 1.03 bits per heavy atom. The lowest BCUT2D eigenvalue weighted by atomic mass is 9.93. The number of carbonyl (C=O) groups is 1. The highest BCUT2D eigenvalue weighted by molar-refractivity contribution is 5.98. The van der Waals surface area contributed by atoms with E-state index in [1.165, 1.54) is 11.2 Å². The maximum atomic E-state index is 13.1. The van der Waals surface area contributed by atoms with Crippen LogP contribution in [0, 0.1) is 0 Å². The highest BCUT2D eigenvalue weighted by Gasteiger charge is 2.41. The lowest BCUT2D eigenvalue weighted by Crippen LogP contribution is -2.51. The normalized spacial score (nSPS) is 19.1. The number of rotatable bonds is 3. The summed E-state index contributed by atoms with van der Waals surface area (Å²) in [7, 11) is 0. The zero-order valence-electron chi connectivity index (χ0n) is 16.4. The molecule has 6 heteroatoms. The lowest BCUT2D eigenvalue weighted by molar-refractivity contribution is -0.132. The summed E-state index contributed by atoms with van der Waals surface area (Å²) in [6.07, 6.45) is -0.0550. The number of nitrogens with zero attached hydrogens (tertiary/aromatic N) is 3. The van der Waals surface area contributed by atoms with Gasteiger partial charge in [-0.2, -0.15) is 5.10 Å². The number of hydrogen-bond acceptors (Lipinski definition) is 5. The Hall–Kier alpha value is -3.38. The third kappa shape index (κ3) is 3.32. The molecule has 0 aliphatic carbocycles. The minimum atomic E-state index is -1.30. The van der Waals surface area contributed by atoms with Crippen molar-refractivity contribution in [2.75, 3.05) is 6.54 Å². The second kappa shape index (κ2) is 7.56. The Labute approximate surface area is 169 Å². The summed E-state index contributed by atoms with van der Waals surface area (Å²) in [6.45, 7) is 4.19. The fourth-order valence-corrected chi connectivity index (χ4v) is 3.66. The van der Waals surface area contributed by atoms with E-state index >= 15 is 0 Å². The fourth-order valence-electron chi connectivity index (χ4n) is 3.66. The molecule has 0 radical (unpaired) electrons. The van der Waals surface area contributed by atoms with E-state index in [1.807, 2.05) is 74.5 Å². The summed E-state index contributed by atoms with van der Waals surface area (Å²) in [5.74, 6) is -0.731. The van der Waals surface area contributed by atoms with Crippen LogP contribution in [-0.2, 0) is 4.79 Å². The van der Waals surface area contributed by atoms with E-state index < -0.39 is 6.10 Å². The molecular weight excluding hydrogens is 366 g/mol. The Morgan fingerprint density at radius 2 is 1.59 bits per heavy atom. The Kier molecular flexibility index (Phi) is 4.94. The molecule has 2 aliphatic rings. The largest absolute Gasteiger partial charge is 0.507 e. The first-order valence-corrected chi connectivity index (χ1v) is 9.59. The minimum Gasteiger partial charge on any atom is -0.507 e. The molecule has 1 fully saturated rings. The molecule has 2 aromatic rings. The molecule has 2 aromatic carbocycles. The number of hydrogen-bond donors (Lipinski definition) is 2. The first kappa shape index (κ1) is 19.0. The van der Waals surface area contributed by atoms with Crippen LogP contribution >= 0.6 is 0 Å². The first-order chi connectivity index (χ1) is 14.0. The number of amides is 1. The van der Waals surface area contributed by atoms with Crippen LogP contribution in [0.2, 0.25) is 0 Å². The summed E-state index contributed by atoms with van der Waals surface area (Å²) >= 11 is 0. The van der Waals surface area contributed by atoms with Crippen molar-refractivity contribution >= 4 is 17.7 Å². The zero-order valence-corrected chi connectivity index (χ0v) is 16.4. The molecule has 1 unspecified atom stereocenters.